The van der Waals surface area contributed by atoms with Gasteiger partial charge in [-0.15, -0.1) is 0 Å². The quantitative estimate of drug-likeness (QED) is 0.588. The van der Waals surface area contributed by atoms with Crippen LogP contribution in [0.1, 0.15) is 26.2 Å². The lowest BCUT2D eigenvalue weighted by atomic mass is 10.1. The summed E-state index contributed by atoms with van der Waals surface area (Å²) in [5, 5.41) is 8.89. The zero-order valence-corrected chi connectivity index (χ0v) is 6.43. The van der Waals surface area contributed by atoms with E-state index in [0.717, 1.165) is 12.8 Å². The minimum absolute atomic E-state index is 0.232. The van der Waals surface area contributed by atoms with Gasteiger partial charge in [-0.3, -0.25) is 0 Å². The minimum Gasteiger partial charge on any atom is -0.392 e. The van der Waals surface area contributed by atoms with Crippen molar-refractivity contribution in [2.45, 2.75) is 26.2 Å². The fourth-order valence-corrected chi connectivity index (χ4v) is 1.21. The average molecular weight is 138 g/mol. The van der Waals surface area contributed by atoms with Crippen LogP contribution in [0, 0.1) is 0 Å². The Morgan fingerprint density at radius 1 is 1.60 bits per heavy atom. The van der Waals surface area contributed by atoms with Crippen LogP contribution in [0.4, 0.5) is 0 Å². The third-order valence-corrected chi connectivity index (χ3v) is 1.97. The molecule has 0 saturated carbocycles. The van der Waals surface area contributed by atoms with Gasteiger partial charge < -0.3 is 5.11 Å². The Kier molecular flexibility index (Phi) is 2.69. The van der Waals surface area contributed by atoms with E-state index in [2.05, 4.69) is 19.1 Å². The van der Waals surface area contributed by atoms with Crippen molar-refractivity contribution in [3.63, 3.8) is 0 Å². The molecule has 0 saturated heterocycles. The molecule has 0 heterocycles. The van der Waals surface area contributed by atoms with Gasteiger partial charge in [0.15, 0.2) is 0 Å². The van der Waals surface area contributed by atoms with Gasteiger partial charge >= 0.3 is 0 Å². The summed E-state index contributed by atoms with van der Waals surface area (Å²) in [7, 11) is 0. The summed E-state index contributed by atoms with van der Waals surface area (Å²) >= 11 is 0. The number of aliphatic hydroxyl groups excluding tert-OH is 1. The van der Waals surface area contributed by atoms with Crippen molar-refractivity contribution in [2.24, 2.45) is 0 Å². The molecule has 0 radical (unpaired) electrons. The van der Waals surface area contributed by atoms with Crippen LogP contribution in [0.2, 0.25) is 0 Å². The van der Waals surface area contributed by atoms with Crippen molar-refractivity contribution in [2.75, 3.05) is 6.61 Å². The van der Waals surface area contributed by atoms with Crippen LogP contribution in [0.25, 0.3) is 0 Å². The Morgan fingerprint density at radius 2 is 2.40 bits per heavy atom. The van der Waals surface area contributed by atoms with E-state index >= 15 is 0 Å². The predicted octanol–water partition coefficient (Wildman–Crippen LogP) is 2.04. The van der Waals surface area contributed by atoms with Gasteiger partial charge in [0.2, 0.25) is 0 Å². The molecule has 0 atom stereocenters. The molecule has 0 aliphatic heterocycles. The van der Waals surface area contributed by atoms with E-state index in [4.69, 9.17) is 5.11 Å². The van der Waals surface area contributed by atoms with Crippen LogP contribution >= 0.6 is 0 Å². The zero-order chi connectivity index (χ0) is 7.40. The molecule has 0 fully saturated rings. The highest BCUT2D eigenvalue weighted by Gasteiger charge is 2.01. The SMILES string of the molecule is CC1=C(CO)CCCC=C1. The Morgan fingerprint density at radius 3 is 3.10 bits per heavy atom. The molecule has 56 valence electrons. The Labute approximate surface area is 62.1 Å². The number of aliphatic hydroxyl groups is 1. The summed E-state index contributed by atoms with van der Waals surface area (Å²) in [4.78, 5) is 0. The molecule has 1 N–H and O–H groups in total. The number of rotatable bonds is 1. The zero-order valence-electron chi connectivity index (χ0n) is 6.43. The molecule has 0 aromatic heterocycles. The summed E-state index contributed by atoms with van der Waals surface area (Å²) in [5.41, 5.74) is 2.45. The molecular weight excluding hydrogens is 124 g/mol. The van der Waals surface area contributed by atoms with Gasteiger partial charge in [-0.25, -0.2) is 0 Å². The first-order valence-electron chi connectivity index (χ1n) is 3.80. The Hall–Kier alpha value is -0.560. The fourth-order valence-electron chi connectivity index (χ4n) is 1.21. The second-order valence-corrected chi connectivity index (χ2v) is 2.74. The lowest BCUT2D eigenvalue weighted by Gasteiger charge is -2.02. The van der Waals surface area contributed by atoms with Gasteiger partial charge in [-0.05, 0) is 37.3 Å². The minimum atomic E-state index is 0.232. The highest BCUT2D eigenvalue weighted by molar-refractivity contribution is 5.25. The van der Waals surface area contributed by atoms with Crippen molar-refractivity contribution in [1.82, 2.24) is 0 Å². The molecule has 0 aromatic rings. The summed E-state index contributed by atoms with van der Waals surface area (Å²) in [6.07, 6.45) is 7.69. The number of allylic oxidation sites excluding steroid dienone is 3. The van der Waals surface area contributed by atoms with E-state index in [9.17, 15) is 0 Å². The highest BCUT2D eigenvalue weighted by atomic mass is 16.3. The average Bonchev–Trinajstić information content (AvgIpc) is 2.13. The molecule has 1 aliphatic carbocycles. The molecular formula is C9H14O. The van der Waals surface area contributed by atoms with E-state index in [0.29, 0.717) is 0 Å². The molecule has 10 heavy (non-hydrogen) atoms. The van der Waals surface area contributed by atoms with Crippen molar-refractivity contribution in [3.8, 4) is 0 Å². The van der Waals surface area contributed by atoms with E-state index in [-0.39, 0.29) is 6.61 Å². The van der Waals surface area contributed by atoms with Gasteiger partial charge in [0.25, 0.3) is 0 Å². The third kappa shape index (κ3) is 1.71. The van der Waals surface area contributed by atoms with Crippen molar-refractivity contribution < 1.29 is 5.11 Å². The second kappa shape index (κ2) is 3.57. The summed E-state index contributed by atoms with van der Waals surface area (Å²) < 4.78 is 0. The largest absolute Gasteiger partial charge is 0.392 e. The van der Waals surface area contributed by atoms with Crippen molar-refractivity contribution >= 4 is 0 Å². The van der Waals surface area contributed by atoms with E-state index in [1.54, 1.807) is 0 Å². The van der Waals surface area contributed by atoms with Crippen LogP contribution < -0.4 is 0 Å². The molecule has 1 aliphatic rings. The van der Waals surface area contributed by atoms with Crippen LogP contribution in [0.3, 0.4) is 0 Å². The third-order valence-electron chi connectivity index (χ3n) is 1.97. The monoisotopic (exact) mass is 138 g/mol. The van der Waals surface area contributed by atoms with Crippen LogP contribution in [0.5, 0.6) is 0 Å². The Bertz CT molecular complexity index is 166. The molecule has 0 bridgehead atoms. The lowest BCUT2D eigenvalue weighted by molar-refractivity contribution is 0.325. The van der Waals surface area contributed by atoms with Crippen molar-refractivity contribution in [1.29, 1.82) is 0 Å². The molecule has 0 unspecified atom stereocenters. The van der Waals surface area contributed by atoms with Gasteiger partial charge in [0, 0.05) is 0 Å². The topological polar surface area (TPSA) is 20.2 Å². The molecule has 0 amide bonds. The first-order valence-corrected chi connectivity index (χ1v) is 3.80. The normalized spacial score (nSPS) is 19.4. The number of hydrogen-bond acceptors (Lipinski definition) is 1. The first kappa shape index (κ1) is 7.55. The van der Waals surface area contributed by atoms with Gasteiger partial charge in [0.05, 0.1) is 6.61 Å². The maximum Gasteiger partial charge on any atom is 0.0647 e. The van der Waals surface area contributed by atoms with Gasteiger partial charge in [-0.1, -0.05) is 12.2 Å². The smallest absolute Gasteiger partial charge is 0.0647 e. The second-order valence-electron chi connectivity index (χ2n) is 2.74. The summed E-state index contributed by atoms with van der Waals surface area (Å²) in [6.45, 7) is 2.30. The molecule has 0 spiro atoms. The van der Waals surface area contributed by atoms with E-state index < -0.39 is 0 Å². The summed E-state index contributed by atoms with van der Waals surface area (Å²) in [5.74, 6) is 0. The maximum absolute atomic E-state index is 8.89. The summed E-state index contributed by atoms with van der Waals surface area (Å²) in [6, 6.07) is 0. The van der Waals surface area contributed by atoms with Crippen LogP contribution in [-0.2, 0) is 0 Å². The van der Waals surface area contributed by atoms with Gasteiger partial charge in [-0.2, -0.15) is 0 Å². The van der Waals surface area contributed by atoms with Crippen LogP contribution in [-0.4, -0.2) is 11.7 Å². The maximum atomic E-state index is 8.89. The van der Waals surface area contributed by atoms with E-state index in [1.165, 1.54) is 17.6 Å². The standard InChI is InChI=1S/C9H14O/c1-8-5-3-2-4-6-9(8)7-10/h3,5,10H,2,4,6-7H2,1H3. The fraction of sp³-hybridized carbons (Fsp3) is 0.556. The molecule has 0 aromatic carbocycles. The molecule has 1 heteroatoms. The highest BCUT2D eigenvalue weighted by Crippen LogP contribution is 2.17. The van der Waals surface area contributed by atoms with E-state index in [1.807, 2.05) is 0 Å². The van der Waals surface area contributed by atoms with Gasteiger partial charge in [0.1, 0.15) is 0 Å². The van der Waals surface area contributed by atoms with Crippen LogP contribution in [0.15, 0.2) is 23.3 Å². The Balaban J connectivity index is 2.72. The first-order chi connectivity index (χ1) is 4.84. The predicted molar refractivity (Wildman–Crippen MR) is 42.8 cm³/mol. The van der Waals surface area contributed by atoms with Crippen molar-refractivity contribution in [3.05, 3.63) is 23.3 Å². The lowest BCUT2D eigenvalue weighted by Crippen LogP contribution is -1.91. The number of hydrogen-bond donors (Lipinski definition) is 1. The molecule has 1 nitrogen and oxygen atoms in total. The molecule has 1 rings (SSSR count).